The summed E-state index contributed by atoms with van der Waals surface area (Å²) in [6, 6.07) is 18.3. The first-order chi connectivity index (χ1) is 15.3. The molecule has 0 aromatic heterocycles. The second-order valence-electron chi connectivity index (χ2n) is 6.61. The predicted molar refractivity (Wildman–Crippen MR) is 121 cm³/mol. The lowest BCUT2D eigenvalue weighted by Gasteiger charge is -2.10. The average molecular weight is 455 g/mol. The van der Waals surface area contributed by atoms with Crippen molar-refractivity contribution in [1.29, 1.82) is 0 Å². The van der Waals surface area contributed by atoms with Crippen molar-refractivity contribution in [1.82, 2.24) is 0 Å². The standard InChI is InChI=1S/C23H22N2O6S/c1-3-31-23(27)17-6-8-18(9-7-17)24-22(26)16-4-10-19(11-5-16)25-32(28,29)21-14-12-20(30-2)13-15-21/h4-15,25H,3H2,1-2H3,(H,24,26). The van der Waals surface area contributed by atoms with Crippen molar-refractivity contribution < 1.29 is 27.5 Å². The maximum absolute atomic E-state index is 12.5. The number of esters is 1. The van der Waals surface area contributed by atoms with E-state index < -0.39 is 16.0 Å². The van der Waals surface area contributed by atoms with Crippen LogP contribution >= 0.6 is 0 Å². The van der Waals surface area contributed by atoms with E-state index in [4.69, 9.17) is 9.47 Å². The normalized spacial score (nSPS) is 10.8. The summed E-state index contributed by atoms with van der Waals surface area (Å²) < 4.78 is 37.5. The van der Waals surface area contributed by atoms with Crippen LogP contribution in [0.15, 0.2) is 77.7 Å². The molecule has 8 nitrogen and oxygen atoms in total. The van der Waals surface area contributed by atoms with Crippen LogP contribution in [0.4, 0.5) is 11.4 Å². The summed E-state index contributed by atoms with van der Waals surface area (Å²) in [6.07, 6.45) is 0. The third-order valence-electron chi connectivity index (χ3n) is 4.42. The largest absolute Gasteiger partial charge is 0.497 e. The van der Waals surface area contributed by atoms with Crippen molar-refractivity contribution in [2.24, 2.45) is 0 Å². The van der Waals surface area contributed by atoms with Gasteiger partial charge in [0, 0.05) is 16.9 Å². The summed E-state index contributed by atoms with van der Waals surface area (Å²) in [5.41, 5.74) is 1.55. The molecule has 166 valence electrons. The topological polar surface area (TPSA) is 111 Å². The Morgan fingerprint density at radius 1 is 0.812 bits per heavy atom. The Kier molecular flexibility index (Phi) is 7.11. The van der Waals surface area contributed by atoms with Crippen LogP contribution in [0.1, 0.15) is 27.6 Å². The van der Waals surface area contributed by atoms with Crippen LogP contribution in [0, 0.1) is 0 Å². The highest BCUT2D eigenvalue weighted by Gasteiger charge is 2.15. The van der Waals surface area contributed by atoms with E-state index in [1.807, 2.05) is 0 Å². The number of hydrogen-bond acceptors (Lipinski definition) is 6. The maximum atomic E-state index is 12.5. The number of carbonyl (C=O) groups excluding carboxylic acids is 2. The van der Waals surface area contributed by atoms with Gasteiger partial charge < -0.3 is 14.8 Å². The fourth-order valence-corrected chi connectivity index (χ4v) is 3.82. The minimum atomic E-state index is -3.78. The molecule has 0 saturated carbocycles. The lowest BCUT2D eigenvalue weighted by molar-refractivity contribution is 0.0526. The van der Waals surface area contributed by atoms with Gasteiger partial charge in [0.25, 0.3) is 15.9 Å². The molecule has 9 heteroatoms. The lowest BCUT2D eigenvalue weighted by atomic mass is 10.1. The predicted octanol–water partition coefficient (Wildman–Crippen LogP) is 3.93. The van der Waals surface area contributed by atoms with Crippen molar-refractivity contribution >= 4 is 33.3 Å². The molecule has 2 N–H and O–H groups in total. The Balaban J connectivity index is 1.64. The molecule has 0 radical (unpaired) electrons. The van der Waals surface area contributed by atoms with E-state index in [9.17, 15) is 18.0 Å². The Bertz CT molecular complexity index is 1190. The number of benzene rings is 3. The molecule has 0 bridgehead atoms. The zero-order valence-electron chi connectivity index (χ0n) is 17.5. The van der Waals surface area contributed by atoms with Crippen molar-refractivity contribution in [2.45, 2.75) is 11.8 Å². The molecule has 0 saturated heterocycles. The summed E-state index contributed by atoms with van der Waals surface area (Å²) in [6.45, 7) is 2.01. The highest BCUT2D eigenvalue weighted by atomic mass is 32.2. The van der Waals surface area contributed by atoms with Gasteiger partial charge in [-0.2, -0.15) is 0 Å². The van der Waals surface area contributed by atoms with Crippen LogP contribution in [-0.4, -0.2) is 34.0 Å². The van der Waals surface area contributed by atoms with Gasteiger partial charge in [0.15, 0.2) is 0 Å². The van der Waals surface area contributed by atoms with E-state index in [1.54, 1.807) is 43.3 Å². The first-order valence-corrected chi connectivity index (χ1v) is 11.2. The van der Waals surface area contributed by atoms with Gasteiger partial charge in [0.2, 0.25) is 0 Å². The summed E-state index contributed by atoms with van der Waals surface area (Å²) in [5.74, 6) is -0.258. The Morgan fingerprint density at radius 2 is 1.38 bits per heavy atom. The number of hydrogen-bond donors (Lipinski definition) is 2. The fourth-order valence-electron chi connectivity index (χ4n) is 2.77. The van der Waals surface area contributed by atoms with Crippen LogP contribution in [0.3, 0.4) is 0 Å². The summed E-state index contributed by atoms with van der Waals surface area (Å²) in [7, 11) is -2.28. The summed E-state index contributed by atoms with van der Waals surface area (Å²) in [5, 5.41) is 2.72. The summed E-state index contributed by atoms with van der Waals surface area (Å²) in [4.78, 5) is 24.2. The van der Waals surface area contributed by atoms with E-state index >= 15 is 0 Å². The SMILES string of the molecule is CCOC(=O)c1ccc(NC(=O)c2ccc(NS(=O)(=O)c3ccc(OC)cc3)cc2)cc1. The number of nitrogens with one attached hydrogen (secondary N) is 2. The monoisotopic (exact) mass is 454 g/mol. The van der Waals surface area contributed by atoms with Gasteiger partial charge in [-0.3, -0.25) is 9.52 Å². The average Bonchev–Trinajstić information content (AvgIpc) is 2.80. The molecular weight excluding hydrogens is 432 g/mol. The lowest BCUT2D eigenvalue weighted by Crippen LogP contribution is -2.14. The quantitative estimate of drug-likeness (QED) is 0.499. The van der Waals surface area contributed by atoms with Crippen LogP contribution < -0.4 is 14.8 Å². The molecular formula is C23H22N2O6S. The third-order valence-corrected chi connectivity index (χ3v) is 5.82. The van der Waals surface area contributed by atoms with Gasteiger partial charge >= 0.3 is 5.97 Å². The van der Waals surface area contributed by atoms with Gasteiger partial charge in [-0.25, -0.2) is 13.2 Å². The van der Waals surface area contributed by atoms with Crippen LogP contribution in [-0.2, 0) is 14.8 Å². The fraction of sp³-hybridized carbons (Fsp3) is 0.130. The molecule has 3 aromatic carbocycles. The Labute approximate surface area is 186 Å². The molecule has 0 aliphatic heterocycles. The van der Waals surface area contributed by atoms with E-state index in [-0.39, 0.29) is 17.4 Å². The van der Waals surface area contributed by atoms with Gasteiger partial charge in [0.1, 0.15) is 5.75 Å². The number of rotatable bonds is 8. The number of anilines is 2. The van der Waals surface area contributed by atoms with Crippen LogP contribution in [0.5, 0.6) is 5.75 Å². The second kappa shape index (κ2) is 9.97. The number of ether oxygens (including phenoxy) is 2. The number of sulfonamides is 1. The molecule has 1 amide bonds. The molecule has 0 fully saturated rings. The Hall–Kier alpha value is -3.85. The number of carbonyl (C=O) groups is 2. The molecule has 0 atom stereocenters. The first-order valence-electron chi connectivity index (χ1n) is 9.68. The van der Waals surface area contributed by atoms with Gasteiger partial charge in [-0.05, 0) is 79.7 Å². The molecule has 0 heterocycles. The highest BCUT2D eigenvalue weighted by molar-refractivity contribution is 7.92. The van der Waals surface area contributed by atoms with Crippen LogP contribution in [0.25, 0.3) is 0 Å². The van der Waals surface area contributed by atoms with Gasteiger partial charge in [0.05, 0.1) is 24.2 Å². The van der Waals surface area contributed by atoms with E-state index in [0.29, 0.717) is 28.3 Å². The number of amides is 1. The molecule has 0 spiro atoms. The van der Waals surface area contributed by atoms with Crippen LogP contribution in [0.2, 0.25) is 0 Å². The minimum Gasteiger partial charge on any atom is -0.497 e. The van der Waals surface area contributed by atoms with Gasteiger partial charge in [-0.1, -0.05) is 0 Å². The van der Waals surface area contributed by atoms with Crippen molar-refractivity contribution in [2.75, 3.05) is 23.8 Å². The molecule has 3 aromatic rings. The number of methoxy groups -OCH3 is 1. The zero-order valence-corrected chi connectivity index (χ0v) is 18.3. The smallest absolute Gasteiger partial charge is 0.338 e. The van der Waals surface area contributed by atoms with E-state index in [2.05, 4.69) is 10.0 Å². The maximum Gasteiger partial charge on any atom is 0.338 e. The molecule has 0 unspecified atom stereocenters. The minimum absolute atomic E-state index is 0.0892. The van der Waals surface area contributed by atoms with Gasteiger partial charge in [-0.15, -0.1) is 0 Å². The van der Waals surface area contributed by atoms with Crippen molar-refractivity contribution in [3.05, 3.63) is 83.9 Å². The molecule has 0 aliphatic rings. The van der Waals surface area contributed by atoms with E-state index in [0.717, 1.165) is 0 Å². The first kappa shape index (κ1) is 22.8. The molecule has 0 aliphatic carbocycles. The summed E-state index contributed by atoms with van der Waals surface area (Å²) >= 11 is 0. The molecule has 32 heavy (non-hydrogen) atoms. The third kappa shape index (κ3) is 5.64. The molecule has 3 rings (SSSR count). The van der Waals surface area contributed by atoms with Crippen molar-refractivity contribution in [3.63, 3.8) is 0 Å². The Morgan fingerprint density at radius 3 is 1.94 bits per heavy atom. The highest BCUT2D eigenvalue weighted by Crippen LogP contribution is 2.20. The van der Waals surface area contributed by atoms with Crippen molar-refractivity contribution in [3.8, 4) is 5.75 Å². The van der Waals surface area contributed by atoms with E-state index in [1.165, 1.54) is 43.5 Å². The second-order valence-corrected chi connectivity index (χ2v) is 8.29. The zero-order chi connectivity index (χ0) is 23.1.